The van der Waals surface area contributed by atoms with Gasteiger partial charge in [0.05, 0.1) is 12.0 Å². The molecular formula is C20H22N2O4. The zero-order valence-electron chi connectivity index (χ0n) is 14.4. The number of hydrogen-bond donors (Lipinski definition) is 3. The van der Waals surface area contributed by atoms with E-state index in [1.54, 1.807) is 24.3 Å². The molecule has 2 aromatic rings. The van der Waals surface area contributed by atoms with E-state index in [9.17, 15) is 14.4 Å². The van der Waals surface area contributed by atoms with Gasteiger partial charge < -0.3 is 15.7 Å². The van der Waals surface area contributed by atoms with Gasteiger partial charge >= 0.3 is 5.97 Å². The number of benzene rings is 2. The quantitative estimate of drug-likeness (QED) is 0.640. The lowest BCUT2D eigenvalue weighted by Crippen LogP contribution is -2.32. The number of hydrogen-bond acceptors (Lipinski definition) is 3. The molecule has 2 aromatic carbocycles. The zero-order chi connectivity index (χ0) is 18.8. The van der Waals surface area contributed by atoms with E-state index in [2.05, 4.69) is 10.6 Å². The number of carbonyl (C=O) groups is 3. The van der Waals surface area contributed by atoms with E-state index in [1.807, 2.05) is 30.3 Å². The Kier molecular flexibility index (Phi) is 7.36. The summed E-state index contributed by atoms with van der Waals surface area (Å²) in [5.74, 6) is -1.20. The van der Waals surface area contributed by atoms with E-state index in [0.29, 0.717) is 25.9 Å². The molecule has 0 fully saturated rings. The molecule has 2 rings (SSSR count). The van der Waals surface area contributed by atoms with E-state index >= 15 is 0 Å². The SMILES string of the molecule is O=C(CCNC(=O)Cc1ccccc1)NCCc1ccc(C(=O)O)cc1. The average molecular weight is 354 g/mol. The minimum Gasteiger partial charge on any atom is -0.478 e. The molecule has 0 unspecified atom stereocenters. The van der Waals surface area contributed by atoms with Crippen molar-refractivity contribution in [2.45, 2.75) is 19.3 Å². The molecule has 0 saturated heterocycles. The van der Waals surface area contributed by atoms with Crippen molar-refractivity contribution < 1.29 is 19.5 Å². The number of aromatic carboxylic acids is 1. The van der Waals surface area contributed by atoms with Crippen molar-refractivity contribution in [2.24, 2.45) is 0 Å². The number of nitrogens with one attached hydrogen (secondary N) is 2. The molecule has 26 heavy (non-hydrogen) atoms. The van der Waals surface area contributed by atoms with Crippen molar-refractivity contribution in [3.05, 3.63) is 71.3 Å². The second kappa shape index (κ2) is 9.98. The molecule has 3 N–H and O–H groups in total. The molecule has 136 valence electrons. The standard InChI is InChI=1S/C20H22N2O4/c23-18(11-13-22-19(24)14-16-4-2-1-3-5-16)21-12-10-15-6-8-17(9-7-15)20(25)26/h1-9H,10-14H2,(H,21,23)(H,22,24)(H,25,26). The normalized spacial score (nSPS) is 10.2. The smallest absolute Gasteiger partial charge is 0.335 e. The zero-order valence-corrected chi connectivity index (χ0v) is 14.4. The molecule has 0 spiro atoms. The molecule has 0 atom stereocenters. The van der Waals surface area contributed by atoms with E-state index in [4.69, 9.17) is 5.11 Å². The van der Waals surface area contributed by atoms with Gasteiger partial charge in [-0.15, -0.1) is 0 Å². The Morgan fingerprint density at radius 2 is 1.42 bits per heavy atom. The third-order valence-electron chi connectivity index (χ3n) is 3.82. The maximum atomic E-state index is 11.8. The lowest BCUT2D eigenvalue weighted by molar-refractivity contribution is -0.122. The molecule has 6 heteroatoms. The number of carboxylic acids is 1. The second-order valence-electron chi connectivity index (χ2n) is 5.86. The van der Waals surface area contributed by atoms with Gasteiger partial charge in [-0.2, -0.15) is 0 Å². The Balaban J connectivity index is 1.60. The van der Waals surface area contributed by atoms with Crippen molar-refractivity contribution in [2.75, 3.05) is 13.1 Å². The van der Waals surface area contributed by atoms with Crippen molar-refractivity contribution in [3.63, 3.8) is 0 Å². The van der Waals surface area contributed by atoms with Crippen LogP contribution in [0.4, 0.5) is 0 Å². The fraction of sp³-hybridized carbons (Fsp3) is 0.250. The van der Waals surface area contributed by atoms with Crippen LogP contribution in [0.2, 0.25) is 0 Å². The Bertz CT molecular complexity index is 742. The Morgan fingerprint density at radius 3 is 2.08 bits per heavy atom. The van der Waals surface area contributed by atoms with E-state index in [-0.39, 0.29) is 23.8 Å². The summed E-state index contributed by atoms with van der Waals surface area (Å²) in [5.41, 5.74) is 2.12. The third kappa shape index (κ3) is 6.76. The number of rotatable bonds is 9. The van der Waals surface area contributed by atoms with Crippen LogP contribution in [0, 0.1) is 0 Å². The average Bonchev–Trinajstić information content (AvgIpc) is 2.63. The molecule has 0 bridgehead atoms. The van der Waals surface area contributed by atoms with Crippen molar-refractivity contribution in [1.29, 1.82) is 0 Å². The van der Waals surface area contributed by atoms with Crippen molar-refractivity contribution in [3.8, 4) is 0 Å². The molecule has 0 radical (unpaired) electrons. The van der Waals surface area contributed by atoms with E-state index < -0.39 is 5.97 Å². The topological polar surface area (TPSA) is 95.5 Å². The molecule has 0 saturated carbocycles. The monoisotopic (exact) mass is 354 g/mol. The van der Waals surface area contributed by atoms with Crippen LogP contribution < -0.4 is 10.6 Å². The van der Waals surface area contributed by atoms with Crippen LogP contribution in [0.1, 0.15) is 27.9 Å². The molecular weight excluding hydrogens is 332 g/mol. The van der Waals surface area contributed by atoms with Crippen molar-refractivity contribution >= 4 is 17.8 Å². The first kappa shape index (κ1) is 19.2. The minimum atomic E-state index is -0.959. The highest BCUT2D eigenvalue weighted by Crippen LogP contribution is 2.04. The maximum absolute atomic E-state index is 11.8. The number of carboxylic acid groups (broad SMARTS) is 1. The molecule has 2 amide bonds. The minimum absolute atomic E-state index is 0.109. The van der Waals surface area contributed by atoms with Gasteiger partial charge in [-0.1, -0.05) is 42.5 Å². The lowest BCUT2D eigenvalue weighted by atomic mass is 10.1. The fourth-order valence-corrected chi connectivity index (χ4v) is 2.41. The summed E-state index contributed by atoms with van der Waals surface area (Å²) in [4.78, 5) is 34.3. The van der Waals surface area contributed by atoms with Crippen LogP contribution in [0.5, 0.6) is 0 Å². The predicted molar refractivity (Wildman–Crippen MR) is 97.9 cm³/mol. The number of amides is 2. The van der Waals surface area contributed by atoms with Crippen LogP contribution in [0.15, 0.2) is 54.6 Å². The molecule has 0 aliphatic carbocycles. The van der Waals surface area contributed by atoms with Crippen LogP contribution in [-0.4, -0.2) is 36.0 Å². The first-order valence-electron chi connectivity index (χ1n) is 8.44. The van der Waals surface area contributed by atoms with Gasteiger partial charge in [-0.3, -0.25) is 9.59 Å². The summed E-state index contributed by atoms with van der Waals surface area (Å²) < 4.78 is 0. The van der Waals surface area contributed by atoms with Crippen LogP contribution in [0.3, 0.4) is 0 Å². The van der Waals surface area contributed by atoms with Gasteiger partial charge in [0.1, 0.15) is 0 Å². The first-order valence-corrected chi connectivity index (χ1v) is 8.44. The summed E-state index contributed by atoms with van der Waals surface area (Å²) in [5, 5.41) is 14.4. The highest BCUT2D eigenvalue weighted by atomic mass is 16.4. The van der Waals surface area contributed by atoms with Crippen LogP contribution in [-0.2, 0) is 22.4 Å². The largest absolute Gasteiger partial charge is 0.478 e. The maximum Gasteiger partial charge on any atom is 0.335 e. The Hall–Kier alpha value is -3.15. The molecule has 0 aliphatic rings. The molecule has 0 heterocycles. The highest BCUT2D eigenvalue weighted by molar-refractivity contribution is 5.87. The van der Waals surface area contributed by atoms with E-state index in [1.165, 1.54) is 0 Å². The Morgan fingerprint density at radius 1 is 0.769 bits per heavy atom. The third-order valence-corrected chi connectivity index (χ3v) is 3.82. The first-order chi connectivity index (χ1) is 12.5. The summed E-state index contributed by atoms with van der Waals surface area (Å²) >= 11 is 0. The van der Waals surface area contributed by atoms with Crippen LogP contribution in [0.25, 0.3) is 0 Å². The number of carbonyl (C=O) groups excluding carboxylic acids is 2. The summed E-state index contributed by atoms with van der Waals surface area (Å²) in [7, 11) is 0. The molecule has 6 nitrogen and oxygen atoms in total. The summed E-state index contributed by atoms with van der Waals surface area (Å²) in [6.45, 7) is 0.758. The highest BCUT2D eigenvalue weighted by Gasteiger charge is 2.06. The lowest BCUT2D eigenvalue weighted by Gasteiger charge is -2.07. The molecule has 0 aliphatic heterocycles. The fourth-order valence-electron chi connectivity index (χ4n) is 2.41. The van der Waals surface area contributed by atoms with E-state index in [0.717, 1.165) is 11.1 Å². The van der Waals surface area contributed by atoms with Gasteiger partial charge in [0, 0.05) is 19.5 Å². The Labute approximate surface area is 152 Å². The predicted octanol–water partition coefficient (Wildman–Crippen LogP) is 1.79. The van der Waals surface area contributed by atoms with Gasteiger partial charge in [-0.05, 0) is 29.7 Å². The van der Waals surface area contributed by atoms with Crippen molar-refractivity contribution in [1.82, 2.24) is 10.6 Å². The summed E-state index contributed by atoms with van der Waals surface area (Å²) in [6, 6.07) is 16.0. The van der Waals surface area contributed by atoms with Crippen LogP contribution >= 0.6 is 0 Å². The van der Waals surface area contributed by atoms with Gasteiger partial charge in [0.25, 0.3) is 0 Å². The van der Waals surface area contributed by atoms with Gasteiger partial charge in [0.15, 0.2) is 0 Å². The second-order valence-corrected chi connectivity index (χ2v) is 5.86. The summed E-state index contributed by atoms with van der Waals surface area (Å²) in [6.07, 6.45) is 1.14. The molecule has 0 aromatic heterocycles. The van der Waals surface area contributed by atoms with Gasteiger partial charge in [-0.25, -0.2) is 4.79 Å². The van der Waals surface area contributed by atoms with Gasteiger partial charge in [0.2, 0.25) is 11.8 Å².